The van der Waals surface area contributed by atoms with Crippen molar-refractivity contribution >= 4 is 66.0 Å². The zero-order valence-corrected chi connectivity index (χ0v) is 25.4. The Bertz CT molecular complexity index is 1400. The third-order valence-corrected chi connectivity index (χ3v) is 6.16. The summed E-state index contributed by atoms with van der Waals surface area (Å²) in [6.07, 6.45) is 0. The van der Waals surface area contributed by atoms with Crippen LogP contribution in [0.2, 0.25) is 0 Å². The van der Waals surface area contributed by atoms with E-state index in [0.29, 0.717) is 21.4 Å². The minimum atomic E-state index is -0.794. The molecule has 9 heteroatoms. The lowest BCUT2D eigenvalue weighted by atomic mass is 9.99. The van der Waals surface area contributed by atoms with Crippen molar-refractivity contribution in [2.75, 3.05) is 0 Å². The average Bonchev–Trinajstić information content (AvgIpc) is 2.71. The highest BCUT2D eigenvalue weighted by Gasteiger charge is 2.18. The Kier molecular flexibility index (Phi) is 14.5. The summed E-state index contributed by atoms with van der Waals surface area (Å²) in [4.78, 5) is 43.0. The number of rotatable bonds is 3. The SMILES string of the molecule is C.CC(C)=O.Cc1cc(C)c(-c2c(O)cc(C)oc2=O)c(Br)c1.Cc1cc(C)c(C(=C=O)C(=O)Cl)c(Br)c1. The molecule has 0 fully saturated rings. The smallest absolute Gasteiger partial charge is 0.347 e. The van der Waals surface area contributed by atoms with Crippen LogP contribution in [-0.2, 0) is 14.4 Å². The maximum Gasteiger partial charge on any atom is 0.347 e. The van der Waals surface area contributed by atoms with Crippen molar-refractivity contribution < 1.29 is 23.9 Å². The summed E-state index contributed by atoms with van der Waals surface area (Å²) >= 11 is 12.0. The molecule has 204 valence electrons. The van der Waals surface area contributed by atoms with Gasteiger partial charge in [-0.1, -0.05) is 51.4 Å². The Hall–Kier alpha value is -2.77. The molecule has 0 aliphatic carbocycles. The van der Waals surface area contributed by atoms with Gasteiger partial charge in [-0.05, 0) is 94.5 Å². The quantitative estimate of drug-likeness (QED) is 0.172. The van der Waals surface area contributed by atoms with E-state index in [0.717, 1.165) is 26.7 Å². The minimum absolute atomic E-state index is 0. The molecular weight excluding hydrogens is 640 g/mol. The van der Waals surface area contributed by atoms with Gasteiger partial charge in [-0.2, -0.15) is 0 Å². The maximum atomic E-state index is 11.9. The molecule has 0 bridgehead atoms. The van der Waals surface area contributed by atoms with Crippen LogP contribution >= 0.6 is 43.5 Å². The Morgan fingerprint density at radius 2 is 1.34 bits per heavy atom. The standard InChI is InChI=1S/C14H13BrO3.C11H8BrClO2.C3H6O.CH4/c1-7-4-8(2)12(10(15)5-7)13-11(16)6-9(3)18-14(13)17;1-6-3-7(2)10(9(12)4-6)8(5-14)11(13)15;1-3(2)4;/h4-6,16H,1-3H3;3-4H,1-2H3;1-2H3;1H4. The van der Waals surface area contributed by atoms with E-state index >= 15 is 0 Å². The number of hydrogen-bond donors (Lipinski definition) is 1. The maximum absolute atomic E-state index is 11.9. The number of benzene rings is 2. The van der Waals surface area contributed by atoms with Gasteiger partial charge in [0.05, 0.1) is 0 Å². The molecule has 0 radical (unpaired) electrons. The third kappa shape index (κ3) is 9.84. The summed E-state index contributed by atoms with van der Waals surface area (Å²) in [6, 6.07) is 9.00. The second kappa shape index (κ2) is 15.6. The number of Topliss-reactive ketones (excluding diaryl/α,β-unsaturated/α-hetero) is 1. The molecule has 0 atom stereocenters. The monoisotopic (exact) mass is 668 g/mol. The van der Waals surface area contributed by atoms with E-state index in [1.807, 2.05) is 52.0 Å². The topological polar surface area (TPSA) is 102 Å². The zero-order chi connectivity index (χ0) is 28.6. The van der Waals surface area contributed by atoms with Gasteiger partial charge in [0.25, 0.3) is 5.24 Å². The molecule has 3 rings (SSSR count). The molecule has 0 saturated carbocycles. The predicted octanol–water partition coefficient (Wildman–Crippen LogP) is 7.98. The lowest BCUT2D eigenvalue weighted by Gasteiger charge is -2.10. The molecule has 1 N–H and O–H groups in total. The number of allylic oxidation sites excluding steroid dienone is 1. The van der Waals surface area contributed by atoms with Crippen LogP contribution in [0.1, 0.15) is 54.9 Å². The zero-order valence-electron chi connectivity index (χ0n) is 21.5. The Labute approximate surface area is 245 Å². The predicted molar refractivity (Wildman–Crippen MR) is 161 cm³/mol. The van der Waals surface area contributed by atoms with E-state index < -0.39 is 10.9 Å². The van der Waals surface area contributed by atoms with Crippen molar-refractivity contribution in [3.05, 3.63) is 83.3 Å². The molecule has 0 aliphatic heterocycles. The van der Waals surface area contributed by atoms with E-state index in [2.05, 4.69) is 31.9 Å². The van der Waals surface area contributed by atoms with Gasteiger partial charge >= 0.3 is 5.63 Å². The molecule has 0 saturated heterocycles. The number of carbonyl (C=O) groups is 2. The second-order valence-corrected chi connectivity index (χ2v) is 10.5. The van der Waals surface area contributed by atoms with Crippen molar-refractivity contribution in [2.24, 2.45) is 0 Å². The van der Waals surface area contributed by atoms with Crippen LogP contribution in [0, 0.1) is 34.6 Å². The number of carbonyl (C=O) groups excluding carboxylic acids is 3. The van der Waals surface area contributed by atoms with E-state index in [1.165, 1.54) is 19.9 Å². The number of aromatic hydroxyl groups is 1. The van der Waals surface area contributed by atoms with Gasteiger partial charge in [-0.15, -0.1) is 0 Å². The largest absolute Gasteiger partial charge is 0.507 e. The summed E-state index contributed by atoms with van der Waals surface area (Å²) in [5.74, 6) is 2.07. The molecule has 1 aromatic heterocycles. The molecule has 38 heavy (non-hydrogen) atoms. The fourth-order valence-corrected chi connectivity index (χ4v) is 5.36. The Balaban J connectivity index is 0.000000625. The summed E-state index contributed by atoms with van der Waals surface area (Å²) < 4.78 is 6.49. The third-order valence-electron chi connectivity index (χ3n) is 4.72. The summed E-state index contributed by atoms with van der Waals surface area (Å²) in [7, 11) is 0. The molecule has 0 unspecified atom stereocenters. The second-order valence-electron chi connectivity index (χ2n) is 8.44. The van der Waals surface area contributed by atoms with Crippen LogP contribution < -0.4 is 5.63 Å². The van der Waals surface area contributed by atoms with Crippen LogP contribution in [0.5, 0.6) is 5.75 Å². The van der Waals surface area contributed by atoms with Crippen molar-refractivity contribution in [3.8, 4) is 16.9 Å². The molecule has 2 aromatic carbocycles. The molecule has 0 amide bonds. The van der Waals surface area contributed by atoms with Gasteiger partial charge in [-0.3, -0.25) is 4.79 Å². The lowest BCUT2D eigenvalue weighted by molar-refractivity contribution is -0.115. The number of halogens is 3. The first-order valence-electron chi connectivity index (χ1n) is 10.9. The number of ketones is 1. The Morgan fingerprint density at radius 3 is 1.74 bits per heavy atom. The average molecular weight is 671 g/mol. The first kappa shape index (κ1) is 35.2. The van der Waals surface area contributed by atoms with E-state index in [-0.39, 0.29) is 30.1 Å². The molecule has 0 spiro atoms. The van der Waals surface area contributed by atoms with Crippen LogP contribution in [-0.4, -0.2) is 22.1 Å². The highest BCUT2D eigenvalue weighted by atomic mass is 79.9. The molecule has 0 aliphatic rings. The van der Waals surface area contributed by atoms with Crippen molar-refractivity contribution in [1.29, 1.82) is 0 Å². The van der Waals surface area contributed by atoms with Crippen LogP contribution in [0.4, 0.5) is 0 Å². The highest BCUT2D eigenvalue weighted by molar-refractivity contribution is 9.10. The van der Waals surface area contributed by atoms with Crippen LogP contribution in [0.3, 0.4) is 0 Å². The molecule has 3 aromatic rings. The van der Waals surface area contributed by atoms with Crippen LogP contribution in [0.25, 0.3) is 16.7 Å². The van der Waals surface area contributed by atoms with E-state index in [4.69, 9.17) is 16.0 Å². The lowest BCUT2D eigenvalue weighted by Crippen LogP contribution is -2.05. The van der Waals surface area contributed by atoms with Gasteiger partial charge in [0.15, 0.2) is 0 Å². The fraction of sp³-hybridized carbons (Fsp3) is 0.276. The van der Waals surface area contributed by atoms with Crippen molar-refractivity contribution in [1.82, 2.24) is 0 Å². The normalized spacial score (nSPS) is 9.53. The molecular formula is C29H31Br2ClO6. The van der Waals surface area contributed by atoms with E-state index in [9.17, 15) is 24.3 Å². The van der Waals surface area contributed by atoms with Crippen LogP contribution in [0.15, 0.2) is 48.5 Å². The van der Waals surface area contributed by atoms with Gasteiger partial charge < -0.3 is 14.3 Å². The number of aryl methyl sites for hydroxylation is 5. The highest BCUT2D eigenvalue weighted by Crippen LogP contribution is 2.35. The summed E-state index contributed by atoms with van der Waals surface area (Å²) in [5, 5.41) is 9.17. The first-order chi connectivity index (χ1) is 17.1. The molecule has 6 nitrogen and oxygen atoms in total. The van der Waals surface area contributed by atoms with Gasteiger partial charge in [0.1, 0.15) is 34.4 Å². The summed E-state index contributed by atoms with van der Waals surface area (Å²) in [6.45, 7) is 12.3. The molecule has 1 heterocycles. The summed E-state index contributed by atoms with van der Waals surface area (Å²) in [5.41, 5.74) is 4.56. The van der Waals surface area contributed by atoms with Crippen molar-refractivity contribution in [3.63, 3.8) is 0 Å². The number of hydrogen-bond acceptors (Lipinski definition) is 6. The fourth-order valence-electron chi connectivity index (χ4n) is 3.48. The first-order valence-corrected chi connectivity index (χ1v) is 12.9. The Morgan fingerprint density at radius 1 is 0.868 bits per heavy atom. The minimum Gasteiger partial charge on any atom is -0.507 e. The van der Waals surface area contributed by atoms with E-state index in [1.54, 1.807) is 12.9 Å². The van der Waals surface area contributed by atoms with Gasteiger partial charge in [0.2, 0.25) is 0 Å². The van der Waals surface area contributed by atoms with Gasteiger partial charge in [0, 0.05) is 26.1 Å². The van der Waals surface area contributed by atoms with Crippen molar-refractivity contribution in [2.45, 2.75) is 55.9 Å². The van der Waals surface area contributed by atoms with Gasteiger partial charge in [-0.25, -0.2) is 9.59 Å².